The largest absolute Gasteiger partial charge is 0.303 e. The number of carbonyl (C=O) groups is 1. The second-order valence-corrected chi connectivity index (χ2v) is 8.99. The van der Waals surface area contributed by atoms with Crippen molar-refractivity contribution in [3.63, 3.8) is 0 Å². The number of halogens is 2. The third-order valence-corrected chi connectivity index (χ3v) is 6.32. The van der Waals surface area contributed by atoms with Crippen LogP contribution in [-0.4, -0.2) is 54.9 Å². The Kier molecular flexibility index (Phi) is 6.23. The van der Waals surface area contributed by atoms with Crippen LogP contribution in [0.4, 0.5) is 0 Å². The fourth-order valence-corrected chi connectivity index (χ4v) is 5.50. The highest BCUT2D eigenvalue weighted by atomic mass is 79.9. The van der Waals surface area contributed by atoms with E-state index in [9.17, 15) is 4.79 Å². The zero-order chi connectivity index (χ0) is 14.7. The van der Waals surface area contributed by atoms with E-state index in [0.29, 0.717) is 12.6 Å². The molecule has 6 heteroatoms. The molecule has 0 amide bonds. The Morgan fingerprint density at radius 2 is 2.10 bits per heavy atom. The minimum Gasteiger partial charge on any atom is -0.303 e. The summed E-state index contributed by atoms with van der Waals surface area (Å²) in [5.41, 5.74) is 0.791. The normalized spacial score (nSPS) is 17.9. The molecule has 0 bridgehead atoms. The Hall–Kier alpha value is 0.250. The Labute approximate surface area is 141 Å². The number of thiophene rings is 1. The maximum absolute atomic E-state index is 12.4. The van der Waals surface area contributed by atoms with Crippen LogP contribution >= 0.6 is 43.2 Å². The van der Waals surface area contributed by atoms with Crippen molar-refractivity contribution in [3.8, 4) is 0 Å². The number of hydrogen-bond donors (Lipinski definition) is 0. The Morgan fingerprint density at radius 3 is 2.60 bits per heavy atom. The minimum absolute atomic E-state index is 0.194. The molecule has 0 N–H and O–H groups in total. The fourth-order valence-electron chi connectivity index (χ4n) is 2.65. The summed E-state index contributed by atoms with van der Waals surface area (Å²) in [4.78, 5) is 17.0. The number of piperidine rings is 1. The van der Waals surface area contributed by atoms with Crippen LogP contribution in [0.3, 0.4) is 0 Å². The molecule has 1 fully saturated rings. The molecule has 1 aromatic heterocycles. The van der Waals surface area contributed by atoms with Crippen LogP contribution < -0.4 is 0 Å². The predicted octanol–water partition coefficient (Wildman–Crippen LogP) is 3.87. The van der Waals surface area contributed by atoms with Crippen LogP contribution in [0.2, 0.25) is 0 Å². The van der Waals surface area contributed by atoms with Crippen molar-refractivity contribution in [3.05, 3.63) is 19.2 Å². The summed E-state index contributed by atoms with van der Waals surface area (Å²) in [5.74, 6) is 0.194. The van der Waals surface area contributed by atoms with E-state index in [1.165, 1.54) is 0 Å². The maximum atomic E-state index is 12.4. The number of hydrogen-bond acceptors (Lipinski definition) is 4. The maximum Gasteiger partial charge on any atom is 0.178 e. The van der Waals surface area contributed by atoms with Crippen LogP contribution in [0.1, 0.15) is 30.1 Å². The lowest BCUT2D eigenvalue weighted by atomic mass is 10.0. The van der Waals surface area contributed by atoms with Crippen molar-refractivity contribution in [1.82, 2.24) is 9.80 Å². The third kappa shape index (κ3) is 4.13. The van der Waals surface area contributed by atoms with E-state index in [4.69, 9.17) is 0 Å². The molecule has 1 aliphatic rings. The summed E-state index contributed by atoms with van der Waals surface area (Å²) in [5, 5.41) is 0. The number of carbonyl (C=O) groups excluding carboxylic acids is 1. The molecule has 0 unspecified atom stereocenters. The first-order valence-electron chi connectivity index (χ1n) is 6.92. The first-order chi connectivity index (χ1) is 9.51. The molecule has 0 saturated carbocycles. The molecule has 3 nitrogen and oxygen atoms in total. The van der Waals surface area contributed by atoms with Crippen molar-refractivity contribution in [2.45, 2.75) is 25.8 Å². The fraction of sp³-hybridized carbons (Fsp3) is 0.643. The van der Waals surface area contributed by atoms with Crippen LogP contribution in [0.15, 0.2) is 13.6 Å². The van der Waals surface area contributed by atoms with Crippen molar-refractivity contribution < 1.29 is 4.79 Å². The summed E-state index contributed by atoms with van der Waals surface area (Å²) in [7, 11) is 2.07. The van der Waals surface area contributed by atoms with E-state index in [1.54, 1.807) is 11.3 Å². The van der Waals surface area contributed by atoms with Crippen molar-refractivity contribution >= 4 is 49.0 Å². The van der Waals surface area contributed by atoms with Gasteiger partial charge < -0.3 is 4.90 Å². The zero-order valence-electron chi connectivity index (χ0n) is 11.9. The van der Waals surface area contributed by atoms with Gasteiger partial charge in [-0.15, -0.1) is 11.3 Å². The van der Waals surface area contributed by atoms with Gasteiger partial charge in [-0.05, 0) is 77.4 Å². The van der Waals surface area contributed by atoms with Crippen LogP contribution in [0, 0.1) is 0 Å². The van der Waals surface area contributed by atoms with Gasteiger partial charge in [-0.2, -0.15) is 0 Å². The number of nitrogens with zero attached hydrogens (tertiary/aromatic N) is 2. The number of rotatable bonds is 5. The molecule has 20 heavy (non-hydrogen) atoms. The summed E-state index contributed by atoms with van der Waals surface area (Å²) in [6, 6.07) is 2.44. The summed E-state index contributed by atoms with van der Waals surface area (Å²) >= 11 is 8.44. The van der Waals surface area contributed by atoms with E-state index in [1.807, 2.05) is 6.07 Å². The molecule has 0 aliphatic carbocycles. The topological polar surface area (TPSA) is 23.6 Å². The molecule has 0 atom stereocenters. The molecule has 0 aromatic carbocycles. The van der Waals surface area contributed by atoms with Gasteiger partial charge in [0.15, 0.2) is 5.78 Å². The Balaban J connectivity index is 1.90. The minimum atomic E-state index is 0.194. The lowest BCUT2D eigenvalue weighted by Crippen LogP contribution is -2.44. The van der Waals surface area contributed by atoms with Crippen LogP contribution in [0.25, 0.3) is 0 Å². The lowest BCUT2D eigenvalue weighted by molar-refractivity contribution is 0.0858. The molecular formula is C14H20Br2N2OS. The van der Waals surface area contributed by atoms with Crippen LogP contribution in [0.5, 0.6) is 0 Å². The van der Waals surface area contributed by atoms with E-state index >= 15 is 0 Å². The average Bonchev–Trinajstić information content (AvgIpc) is 2.78. The van der Waals surface area contributed by atoms with Gasteiger partial charge in [0, 0.05) is 11.6 Å². The van der Waals surface area contributed by atoms with E-state index < -0.39 is 0 Å². The second-order valence-electron chi connectivity index (χ2n) is 5.24. The molecule has 0 radical (unpaired) electrons. The molecule has 1 saturated heterocycles. The van der Waals surface area contributed by atoms with Crippen molar-refractivity contribution in [2.24, 2.45) is 0 Å². The van der Waals surface area contributed by atoms with Gasteiger partial charge in [0.2, 0.25) is 0 Å². The van der Waals surface area contributed by atoms with E-state index in [-0.39, 0.29) is 5.78 Å². The molecular weight excluding hydrogens is 404 g/mol. The zero-order valence-corrected chi connectivity index (χ0v) is 15.9. The van der Waals surface area contributed by atoms with Crippen molar-refractivity contribution in [2.75, 3.05) is 33.2 Å². The molecule has 1 aliphatic heterocycles. The van der Waals surface area contributed by atoms with E-state index in [0.717, 1.165) is 45.6 Å². The van der Waals surface area contributed by atoms with Crippen molar-refractivity contribution in [1.29, 1.82) is 0 Å². The quantitative estimate of drug-likeness (QED) is 0.671. The monoisotopic (exact) mass is 422 g/mol. The number of ketones is 1. The third-order valence-electron chi connectivity index (χ3n) is 3.98. The van der Waals surface area contributed by atoms with Gasteiger partial charge >= 0.3 is 0 Å². The van der Waals surface area contributed by atoms with Crippen LogP contribution in [-0.2, 0) is 0 Å². The van der Waals surface area contributed by atoms with Gasteiger partial charge in [0.1, 0.15) is 0 Å². The first-order valence-corrected chi connectivity index (χ1v) is 9.32. The van der Waals surface area contributed by atoms with Gasteiger partial charge in [0.25, 0.3) is 0 Å². The SMILES string of the molecule is CCN1CCC(N(C)CC(=O)c2cc(Br)sc2Br)CC1. The van der Waals surface area contributed by atoms with Gasteiger partial charge in [-0.3, -0.25) is 9.69 Å². The summed E-state index contributed by atoms with van der Waals surface area (Å²) in [6.45, 7) is 6.13. The number of likely N-dealkylation sites (N-methyl/N-ethyl adjacent to an activating group) is 1. The summed E-state index contributed by atoms with van der Waals surface area (Å²) in [6.07, 6.45) is 2.32. The standard InChI is InChI=1S/C14H20Br2N2OS/c1-3-18-6-4-10(5-7-18)17(2)9-12(19)11-8-13(15)20-14(11)16/h8,10H,3-7,9H2,1-2H3. The predicted molar refractivity (Wildman–Crippen MR) is 91.8 cm³/mol. The smallest absolute Gasteiger partial charge is 0.178 e. The van der Waals surface area contributed by atoms with Gasteiger partial charge in [0.05, 0.1) is 14.1 Å². The average molecular weight is 424 g/mol. The lowest BCUT2D eigenvalue weighted by Gasteiger charge is -2.36. The summed E-state index contributed by atoms with van der Waals surface area (Å²) < 4.78 is 1.91. The molecule has 2 rings (SSSR count). The van der Waals surface area contributed by atoms with Gasteiger partial charge in [-0.25, -0.2) is 0 Å². The molecule has 2 heterocycles. The van der Waals surface area contributed by atoms with E-state index in [2.05, 4.69) is 55.6 Å². The number of Topliss-reactive ketones (excluding diaryl/α,β-unsaturated/α-hetero) is 1. The highest BCUT2D eigenvalue weighted by molar-refractivity contribution is 9.12. The van der Waals surface area contributed by atoms with Gasteiger partial charge in [-0.1, -0.05) is 6.92 Å². The molecule has 0 spiro atoms. The molecule has 112 valence electrons. The number of likely N-dealkylation sites (tertiary alicyclic amines) is 1. The molecule has 1 aromatic rings. The Bertz CT molecular complexity index is 470. The second kappa shape index (κ2) is 7.49. The first kappa shape index (κ1) is 16.6. The highest BCUT2D eigenvalue weighted by Crippen LogP contribution is 2.32. The Morgan fingerprint density at radius 1 is 1.45 bits per heavy atom. The highest BCUT2D eigenvalue weighted by Gasteiger charge is 2.24.